The van der Waals surface area contributed by atoms with Gasteiger partial charge < -0.3 is 9.47 Å². The van der Waals surface area contributed by atoms with Crippen LogP contribution in [0.5, 0.6) is 11.5 Å². The van der Waals surface area contributed by atoms with Crippen LogP contribution in [0.2, 0.25) is 0 Å². The van der Waals surface area contributed by atoms with Gasteiger partial charge in [-0.3, -0.25) is 4.90 Å². The fraction of sp³-hybridized carbons (Fsp3) is 0.571. The molecule has 0 N–H and O–H groups in total. The van der Waals surface area contributed by atoms with Crippen LogP contribution in [-0.4, -0.2) is 32.2 Å². The second kappa shape index (κ2) is 5.92. The molecule has 0 unspecified atom stereocenters. The van der Waals surface area contributed by atoms with Crippen molar-refractivity contribution in [3.63, 3.8) is 0 Å². The Morgan fingerprint density at radius 3 is 2.29 bits per heavy atom. The van der Waals surface area contributed by atoms with E-state index < -0.39 is 0 Å². The van der Waals surface area contributed by atoms with E-state index in [1.165, 1.54) is 11.1 Å². The lowest BCUT2D eigenvalue weighted by Gasteiger charge is -2.23. The van der Waals surface area contributed by atoms with E-state index in [1.807, 2.05) is 12.1 Å². The van der Waals surface area contributed by atoms with E-state index in [1.54, 1.807) is 14.2 Å². The van der Waals surface area contributed by atoms with E-state index in [0.29, 0.717) is 6.04 Å². The highest BCUT2D eigenvalue weighted by atomic mass is 16.5. The zero-order valence-corrected chi connectivity index (χ0v) is 11.7. The fourth-order valence-electron chi connectivity index (χ4n) is 1.69. The van der Waals surface area contributed by atoms with Crippen LogP contribution >= 0.6 is 0 Å². The summed E-state index contributed by atoms with van der Waals surface area (Å²) < 4.78 is 10.7. The highest BCUT2D eigenvalue weighted by molar-refractivity contribution is 5.46. The first kappa shape index (κ1) is 13.8. The standard InChI is InChI=1S/C14H23NO2/c1-10(2)15(4)9-13-11(3)7-12(16-5)8-14(13)17-6/h7-8,10H,9H2,1-6H3. The number of hydrogen-bond donors (Lipinski definition) is 0. The van der Waals surface area contributed by atoms with E-state index in [0.717, 1.165) is 18.0 Å². The van der Waals surface area contributed by atoms with E-state index in [-0.39, 0.29) is 0 Å². The second-order valence-electron chi connectivity index (χ2n) is 4.63. The molecule has 0 heterocycles. The van der Waals surface area contributed by atoms with Gasteiger partial charge in [-0.25, -0.2) is 0 Å². The van der Waals surface area contributed by atoms with Crippen molar-refractivity contribution in [2.45, 2.75) is 33.4 Å². The van der Waals surface area contributed by atoms with Crippen molar-refractivity contribution < 1.29 is 9.47 Å². The van der Waals surface area contributed by atoms with Crippen molar-refractivity contribution in [2.75, 3.05) is 21.3 Å². The Hall–Kier alpha value is -1.22. The minimum atomic E-state index is 0.515. The molecular weight excluding hydrogens is 214 g/mol. The number of aryl methyl sites for hydroxylation is 1. The van der Waals surface area contributed by atoms with Gasteiger partial charge in [0.05, 0.1) is 14.2 Å². The van der Waals surface area contributed by atoms with Crippen LogP contribution in [-0.2, 0) is 6.54 Å². The number of hydrogen-bond acceptors (Lipinski definition) is 3. The molecule has 3 nitrogen and oxygen atoms in total. The Balaban J connectivity index is 3.05. The molecule has 1 aromatic carbocycles. The highest BCUT2D eigenvalue weighted by Gasteiger charge is 2.13. The van der Waals surface area contributed by atoms with Crippen LogP contribution in [0.15, 0.2) is 12.1 Å². The van der Waals surface area contributed by atoms with Gasteiger partial charge in [-0.05, 0) is 39.4 Å². The van der Waals surface area contributed by atoms with Gasteiger partial charge in [0.1, 0.15) is 11.5 Å². The largest absolute Gasteiger partial charge is 0.497 e. The van der Waals surface area contributed by atoms with Crippen LogP contribution in [0.25, 0.3) is 0 Å². The molecule has 0 fully saturated rings. The molecule has 0 aliphatic carbocycles. The molecule has 1 rings (SSSR count). The highest BCUT2D eigenvalue weighted by Crippen LogP contribution is 2.29. The quantitative estimate of drug-likeness (QED) is 0.786. The Bertz CT molecular complexity index is 375. The first-order valence-electron chi connectivity index (χ1n) is 5.91. The van der Waals surface area contributed by atoms with Gasteiger partial charge in [-0.15, -0.1) is 0 Å². The summed E-state index contributed by atoms with van der Waals surface area (Å²) >= 11 is 0. The second-order valence-corrected chi connectivity index (χ2v) is 4.63. The molecular formula is C14H23NO2. The van der Waals surface area contributed by atoms with Crippen molar-refractivity contribution in [1.82, 2.24) is 4.90 Å². The average Bonchev–Trinajstić information content (AvgIpc) is 2.30. The molecule has 0 aromatic heterocycles. The molecule has 0 amide bonds. The molecule has 0 saturated heterocycles. The Morgan fingerprint density at radius 2 is 1.82 bits per heavy atom. The molecule has 0 spiro atoms. The third-order valence-electron chi connectivity index (χ3n) is 3.15. The maximum atomic E-state index is 5.44. The minimum absolute atomic E-state index is 0.515. The topological polar surface area (TPSA) is 21.7 Å². The number of nitrogens with zero attached hydrogens (tertiary/aromatic N) is 1. The van der Waals surface area contributed by atoms with Crippen molar-refractivity contribution in [3.05, 3.63) is 23.3 Å². The van der Waals surface area contributed by atoms with Gasteiger partial charge in [0.2, 0.25) is 0 Å². The van der Waals surface area contributed by atoms with E-state index in [9.17, 15) is 0 Å². The van der Waals surface area contributed by atoms with Gasteiger partial charge in [-0.1, -0.05) is 0 Å². The van der Waals surface area contributed by atoms with Crippen LogP contribution in [0.4, 0.5) is 0 Å². The van der Waals surface area contributed by atoms with Crippen molar-refractivity contribution in [3.8, 4) is 11.5 Å². The summed E-state index contributed by atoms with van der Waals surface area (Å²) in [7, 11) is 5.50. The Morgan fingerprint density at radius 1 is 1.18 bits per heavy atom. The molecule has 17 heavy (non-hydrogen) atoms. The summed E-state index contributed by atoms with van der Waals surface area (Å²) in [6, 6.07) is 4.50. The van der Waals surface area contributed by atoms with E-state index >= 15 is 0 Å². The first-order chi connectivity index (χ1) is 7.99. The Labute approximate surface area is 104 Å². The fourth-order valence-corrected chi connectivity index (χ4v) is 1.69. The minimum Gasteiger partial charge on any atom is -0.497 e. The lowest BCUT2D eigenvalue weighted by Crippen LogP contribution is -2.26. The van der Waals surface area contributed by atoms with Crippen molar-refractivity contribution in [1.29, 1.82) is 0 Å². The maximum absolute atomic E-state index is 5.44. The van der Waals surface area contributed by atoms with Gasteiger partial charge in [-0.2, -0.15) is 0 Å². The average molecular weight is 237 g/mol. The Kier molecular flexibility index (Phi) is 4.82. The summed E-state index contributed by atoms with van der Waals surface area (Å²) in [6.07, 6.45) is 0. The summed E-state index contributed by atoms with van der Waals surface area (Å²) in [6.45, 7) is 7.35. The zero-order valence-electron chi connectivity index (χ0n) is 11.7. The summed E-state index contributed by atoms with van der Waals surface area (Å²) in [5.74, 6) is 1.74. The summed E-state index contributed by atoms with van der Waals surface area (Å²) in [5, 5.41) is 0. The van der Waals surface area contributed by atoms with Gasteiger partial charge >= 0.3 is 0 Å². The van der Waals surface area contributed by atoms with Gasteiger partial charge in [0, 0.05) is 24.2 Å². The number of methoxy groups -OCH3 is 2. The van der Waals surface area contributed by atoms with Gasteiger partial charge in [0.25, 0.3) is 0 Å². The zero-order chi connectivity index (χ0) is 13.0. The summed E-state index contributed by atoms with van der Waals surface area (Å²) in [4.78, 5) is 2.29. The maximum Gasteiger partial charge on any atom is 0.127 e. The third kappa shape index (κ3) is 3.37. The van der Waals surface area contributed by atoms with E-state index in [2.05, 4.69) is 32.7 Å². The smallest absolute Gasteiger partial charge is 0.127 e. The van der Waals surface area contributed by atoms with Crippen LogP contribution < -0.4 is 9.47 Å². The molecule has 0 aliphatic rings. The number of benzene rings is 1. The molecule has 0 saturated carbocycles. The number of rotatable bonds is 5. The van der Waals surface area contributed by atoms with Crippen LogP contribution in [0.1, 0.15) is 25.0 Å². The normalized spacial score (nSPS) is 11.1. The molecule has 3 heteroatoms. The van der Waals surface area contributed by atoms with Crippen LogP contribution in [0.3, 0.4) is 0 Å². The van der Waals surface area contributed by atoms with Gasteiger partial charge in [0.15, 0.2) is 0 Å². The molecule has 0 atom stereocenters. The predicted molar refractivity (Wildman–Crippen MR) is 70.9 cm³/mol. The molecule has 0 bridgehead atoms. The first-order valence-corrected chi connectivity index (χ1v) is 5.91. The van der Waals surface area contributed by atoms with Crippen molar-refractivity contribution >= 4 is 0 Å². The predicted octanol–water partition coefficient (Wildman–Crippen LogP) is 2.85. The molecule has 1 aromatic rings. The number of ether oxygens (including phenoxy) is 2. The molecule has 96 valence electrons. The third-order valence-corrected chi connectivity index (χ3v) is 3.15. The molecule has 0 radical (unpaired) electrons. The lowest BCUT2D eigenvalue weighted by atomic mass is 10.1. The van der Waals surface area contributed by atoms with Crippen LogP contribution in [0, 0.1) is 6.92 Å². The monoisotopic (exact) mass is 237 g/mol. The SMILES string of the molecule is COc1cc(C)c(CN(C)C(C)C)c(OC)c1. The lowest BCUT2D eigenvalue weighted by molar-refractivity contribution is 0.260. The van der Waals surface area contributed by atoms with E-state index in [4.69, 9.17) is 9.47 Å². The molecule has 0 aliphatic heterocycles. The summed E-state index contributed by atoms with van der Waals surface area (Å²) in [5.41, 5.74) is 2.43. The van der Waals surface area contributed by atoms with Crippen molar-refractivity contribution in [2.24, 2.45) is 0 Å².